The van der Waals surface area contributed by atoms with E-state index < -0.39 is 37.0 Å². The molecule has 1 unspecified atom stereocenters. The van der Waals surface area contributed by atoms with Crippen molar-refractivity contribution < 1.29 is 29.2 Å². The van der Waals surface area contributed by atoms with Gasteiger partial charge >= 0.3 is 19.1 Å². The van der Waals surface area contributed by atoms with Crippen LogP contribution in [0.3, 0.4) is 0 Å². The fourth-order valence-corrected chi connectivity index (χ4v) is 2.82. The molecule has 2 aliphatic heterocycles. The van der Waals surface area contributed by atoms with E-state index in [9.17, 15) is 19.4 Å². The van der Waals surface area contributed by atoms with Crippen LogP contribution in [0.15, 0.2) is 18.2 Å². The SMILES string of the molecule is Cl.NCC1NC(=O)N([C@H]2Cc3cccc(C(=O)O)c3OB2O)C1=O. The van der Waals surface area contributed by atoms with Crippen LogP contribution < -0.4 is 15.7 Å². The summed E-state index contributed by atoms with van der Waals surface area (Å²) < 4.78 is 5.28. The standard InChI is InChI=1S/C13H14BN3O6.ClH/c15-5-8-11(18)17(13(21)16-8)9-4-6-2-1-3-7(12(19)20)10(6)23-14(9)22;/h1-3,8-9,22H,4-5,15H2,(H,16,21)(H,19,20);1H/t8?,9-;/m0./s1. The van der Waals surface area contributed by atoms with Crippen molar-refractivity contribution in [1.29, 1.82) is 0 Å². The Morgan fingerprint density at radius 2 is 2.17 bits per heavy atom. The number of amides is 3. The molecule has 5 N–H and O–H groups in total. The number of rotatable bonds is 3. The highest BCUT2D eigenvalue weighted by Gasteiger charge is 2.49. The number of hydrogen-bond donors (Lipinski definition) is 4. The van der Waals surface area contributed by atoms with Crippen molar-refractivity contribution in [3.63, 3.8) is 0 Å². The van der Waals surface area contributed by atoms with Crippen LogP contribution in [0.25, 0.3) is 0 Å². The second kappa shape index (κ2) is 6.67. The van der Waals surface area contributed by atoms with E-state index in [-0.39, 0.29) is 36.7 Å². The molecule has 0 bridgehead atoms. The number of aromatic carboxylic acids is 1. The zero-order chi connectivity index (χ0) is 16.7. The molecule has 1 fully saturated rings. The summed E-state index contributed by atoms with van der Waals surface area (Å²) in [6.07, 6.45) is 0.0913. The monoisotopic (exact) mass is 355 g/mol. The molecule has 1 saturated heterocycles. The molecule has 0 spiro atoms. The molecular formula is C13H15BClN3O6. The number of imide groups is 1. The number of para-hydroxylation sites is 1. The number of nitrogens with one attached hydrogen (secondary N) is 1. The number of carbonyl (C=O) groups excluding carboxylic acids is 2. The molecule has 24 heavy (non-hydrogen) atoms. The second-order valence-electron chi connectivity index (χ2n) is 5.32. The van der Waals surface area contributed by atoms with E-state index in [0.29, 0.717) is 5.56 Å². The maximum atomic E-state index is 12.2. The Bertz CT molecular complexity index is 702. The van der Waals surface area contributed by atoms with Gasteiger partial charge in [-0.2, -0.15) is 0 Å². The highest BCUT2D eigenvalue weighted by atomic mass is 35.5. The molecule has 3 rings (SSSR count). The molecule has 128 valence electrons. The third kappa shape index (κ3) is 2.79. The number of carbonyl (C=O) groups is 3. The van der Waals surface area contributed by atoms with E-state index in [0.717, 1.165) is 4.90 Å². The Kier molecular flexibility index (Phi) is 5.02. The molecule has 0 aliphatic carbocycles. The predicted molar refractivity (Wildman–Crippen MR) is 85.0 cm³/mol. The second-order valence-corrected chi connectivity index (χ2v) is 5.32. The number of urea groups is 1. The number of fused-ring (bicyclic) bond motifs is 1. The van der Waals surface area contributed by atoms with Crippen LogP contribution in [0, 0.1) is 0 Å². The summed E-state index contributed by atoms with van der Waals surface area (Å²) in [5.41, 5.74) is 5.83. The van der Waals surface area contributed by atoms with Crippen molar-refractivity contribution in [2.24, 2.45) is 5.73 Å². The first-order valence-electron chi connectivity index (χ1n) is 6.97. The number of halogens is 1. The third-order valence-corrected chi connectivity index (χ3v) is 3.94. The van der Waals surface area contributed by atoms with E-state index in [1.807, 2.05) is 0 Å². The Balaban J connectivity index is 0.00000208. The van der Waals surface area contributed by atoms with Crippen molar-refractivity contribution >= 4 is 37.4 Å². The molecule has 3 amide bonds. The summed E-state index contributed by atoms with van der Waals surface area (Å²) in [7, 11) is -1.52. The van der Waals surface area contributed by atoms with E-state index in [4.69, 9.17) is 15.5 Å². The fraction of sp³-hybridized carbons (Fsp3) is 0.308. The minimum atomic E-state index is -1.52. The molecule has 9 nitrogen and oxygen atoms in total. The Hall–Kier alpha value is -2.30. The molecule has 1 aromatic rings. The van der Waals surface area contributed by atoms with Gasteiger partial charge in [0.15, 0.2) is 0 Å². The summed E-state index contributed by atoms with van der Waals surface area (Å²) in [6, 6.07) is 3.03. The number of benzene rings is 1. The lowest BCUT2D eigenvalue weighted by Gasteiger charge is -2.32. The minimum absolute atomic E-state index is 0. The Morgan fingerprint density at radius 1 is 1.46 bits per heavy atom. The number of nitrogens with two attached hydrogens (primary N) is 1. The van der Waals surface area contributed by atoms with Crippen molar-refractivity contribution in [2.75, 3.05) is 6.54 Å². The summed E-state index contributed by atoms with van der Waals surface area (Å²) in [5, 5.41) is 21.7. The van der Waals surface area contributed by atoms with Gasteiger partial charge in [-0.05, 0) is 18.1 Å². The first kappa shape index (κ1) is 18.0. The normalized spacial score (nSPS) is 22.4. The van der Waals surface area contributed by atoms with Gasteiger partial charge in [0.05, 0.1) is 11.5 Å². The largest absolute Gasteiger partial charge is 0.547 e. The van der Waals surface area contributed by atoms with Gasteiger partial charge in [-0.3, -0.25) is 9.69 Å². The summed E-state index contributed by atoms with van der Waals surface area (Å²) in [4.78, 5) is 36.2. The highest BCUT2D eigenvalue weighted by Crippen LogP contribution is 2.32. The Labute approximate surface area is 143 Å². The van der Waals surface area contributed by atoms with Gasteiger partial charge in [0.2, 0.25) is 0 Å². The summed E-state index contributed by atoms with van der Waals surface area (Å²) >= 11 is 0. The topological polar surface area (TPSA) is 142 Å². The van der Waals surface area contributed by atoms with E-state index >= 15 is 0 Å². The van der Waals surface area contributed by atoms with E-state index in [2.05, 4.69) is 5.32 Å². The van der Waals surface area contributed by atoms with E-state index in [1.54, 1.807) is 6.07 Å². The number of nitrogens with zero attached hydrogens (tertiary/aromatic N) is 1. The van der Waals surface area contributed by atoms with Crippen LogP contribution in [0.2, 0.25) is 0 Å². The fourth-order valence-electron chi connectivity index (χ4n) is 2.82. The van der Waals surface area contributed by atoms with Crippen LogP contribution in [0.1, 0.15) is 15.9 Å². The van der Waals surface area contributed by atoms with Gasteiger partial charge in [-0.25, -0.2) is 9.59 Å². The van der Waals surface area contributed by atoms with Gasteiger partial charge in [0, 0.05) is 6.54 Å². The van der Waals surface area contributed by atoms with Crippen LogP contribution in [0.5, 0.6) is 5.75 Å². The van der Waals surface area contributed by atoms with Crippen molar-refractivity contribution in [1.82, 2.24) is 10.2 Å². The molecule has 0 saturated carbocycles. The van der Waals surface area contributed by atoms with Crippen molar-refractivity contribution in [3.8, 4) is 5.75 Å². The molecule has 2 aliphatic rings. The summed E-state index contributed by atoms with van der Waals surface area (Å²) in [5.74, 6) is -2.63. The quantitative estimate of drug-likeness (QED) is 0.403. The van der Waals surface area contributed by atoms with Crippen LogP contribution >= 0.6 is 12.4 Å². The van der Waals surface area contributed by atoms with Crippen LogP contribution in [0.4, 0.5) is 4.79 Å². The predicted octanol–water partition coefficient (Wildman–Crippen LogP) is -0.991. The third-order valence-electron chi connectivity index (χ3n) is 3.94. The average molecular weight is 356 g/mol. The number of carboxylic acid groups (broad SMARTS) is 1. The molecule has 2 atom stereocenters. The lowest BCUT2D eigenvalue weighted by atomic mass is 9.71. The highest BCUT2D eigenvalue weighted by molar-refractivity contribution is 6.47. The maximum absolute atomic E-state index is 12.2. The van der Waals surface area contributed by atoms with Crippen molar-refractivity contribution in [3.05, 3.63) is 29.3 Å². The Morgan fingerprint density at radius 3 is 2.75 bits per heavy atom. The number of carboxylic acids is 1. The smallest absolute Gasteiger partial charge is 0.534 e. The van der Waals surface area contributed by atoms with Gasteiger partial charge in [-0.1, -0.05) is 12.1 Å². The maximum Gasteiger partial charge on any atom is 0.547 e. The molecule has 11 heteroatoms. The average Bonchev–Trinajstić information content (AvgIpc) is 2.80. The van der Waals surface area contributed by atoms with Gasteiger partial charge < -0.3 is 25.8 Å². The molecule has 0 radical (unpaired) electrons. The van der Waals surface area contributed by atoms with Gasteiger partial charge in [0.1, 0.15) is 11.8 Å². The first-order valence-corrected chi connectivity index (χ1v) is 6.97. The zero-order valence-electron chi connectivity index (χ0n) is 12.3. The number of hydrogen-bond acceptors (Lipinski definition) is 6. The van der Waals surface area contributed by atoms with Crippen LogP contribution in [-0.2, 0) is 11.2 Å². The van der Waals surface area contributed by atoms with E-state index in [1.165, 1.54) is 12.1 Å². The lowest BCUT2D eigenvalue weighted by molar-refractivity contribution is -0.128. The molecule has 1 aromatic carbocycles. The molecule has 0 aromatic heterocycles. The lowest BCUT2D eigenvalue weighted by Crippen LogP contribution is -2.56. The first-order chi connectivity index (χ1) is 10.9. The zero-order valence-corrected chi connectivity index (χ0v) is 13.2. The molecular weight excluding hydrogens is 340 g/mol. The molecule has 2 heterocycles. The van der Waals surface area contributed by atoms with Crippen LogP contribution in [-0.4, -0.2) is 58.6 Å². The minimum Gasteiger partial charge on any atom is -0.534 e. The van der Waals surface area contributed by atoms with Gasteiger partial charge in [0.25, 0.3) is 5.91 Å². The summed E-state index contributed by atoms with van der Waals surface area (Å²) in [6.45, 7) is -0.0511. The van der Waals surface area contributed by atoms with Gasteiger partial charge in [-0.15, -0.1) is 12.4 Å². The van der Waals surface area contributed by atoms with Crippen molar-refractivity contribution in [2.45, 2.75) is 18.4 Å².